The van der Waals surface area contributed by atoms with Gasteiger partial charge in [0.2, 0.25) is 0 Å². The van der Waals surface area contributed by atoms with Crippen molar-refractivity contribution in [1.29, 1.82) is 0 Å². The van der Waals surface area contributed by atoms with Gasteiger partial charge in [-0.15, -0.1) is 0 Å². The van der Waals surface area contributed by atoms with E-state index in [0.717, 1.165) is 0 Å². The number of alkyl halides is 1. The third-order valence-corrected chi connectivity index (χ3v) is 1.94. The SMILES string of the molecule is COCCOCC(O)CI. The van der Waals surface area contributed by atoms with Crippen LogP contribution in [-0.4, -0.2) is 42.6 Å². The molecule has 0 aromatic heterocycles. The lowest BCUT2D eigenvalue weighted by Crippen LogP contribution is -2.17. The molecule has 0 aromatic carbocycles. The average molecular weight is 260 g/mol. The van der Waals surface area contributed by atoms with Gasteiger partial charge < -0.3 is 14.6 Å². The van der Waals surface area contributed by atoms with Crippen LogP contribution in [0.2, 0.25) is 0 Å². The Labute approximate surface area is 74.8 Å². The molecule has 10 heavy (non-hydrogen) atoms. The highest BCUT2D eigenvalue weighted by molar-refractivity contribution is 14.1. The van der Waals surface area contributed by atoms with Crippen LogP contribution in [0.5, 0.6) is 0 Å². The van der Waals surface area contributed by atoms with E-state index in [1.807, 2.05) is 0 Å². The molecule has 3 nitrogen and oxygen atoms in total. The smallest absolute Gasteiger partial charge is 0.0862 e. The van der Waals surface area contributed by atoms with E-state index < -0.39 is 0 Å². The van der Waals surface area contributed by atoms with Crippen LogP contribution in [0.4, 0.5) is 0 Å². The van der Waals surface area contributed by atoms with Crippen LogP contribution in [0.3, 0.4) is 0 Å². The van der Waals surface area contributed by atoms with Crippen LogP contribution >= 0.6 is 22.6 Å². The summed E-state index contributed by atoms with van der Waals surface area (Å²) in [6, 6.07) is 0. The summed E-state index contributed by atoms with van der Waals surface area (Å²) in [5.74, 6) is 0. The molecular weight excluding hydrogens is 247 g/mol. The molecule has 0 fully saturated rings. The molecule has 0 bridgehead atoms. The molecule has 4 heteroatoms. The minimum absolute atomic E-state index is 0.336. The van der Waals surface area contributed by atoms with Gasteiger partial charge >= 0.3 is 0 Å². The zero-order chi connectivity index (χ0) is 7.82. The first kappa shape index (κ1) is 10.6. The molecule has 0 spiro atoms. The van der Waals surface area contributed by atoms with Crippen molar-refractivity contribution >= 4 is 22.6 Å². The van der Waals surface area contributed by atoms with Gasteiger partial charge in [-0.05, 0) is 0 Å². The molecule has 0 saturated carbocycles. The van der Waals surface area contributed by atoms with E-state index in [4.69, 9.17) is 14.6 Å². The standard InChI is InChI=1S/C6H13IO3/c1-9-2-3-10-5-6(8)4-7/h6,8H,2-5H2,1H3. The number of hydrogen-bond acceptors (Lipinski definition) is 3. The summed E-state index contributed by atoms with van der Waals surface area (Å²) in [6.45, 7) is 1.56. The molecule has 0 saturated heterocycles. The van der Waals surface area contributed by atoms with Crippen LogP contribution in [-0.2, 0) is 9.47 Å². The van der Waals surface area contributed by atoms with Crippen molar-refractivity contribution in [3.05, 3.63) is 0 Å². The zero-order valence-corrected chi connectivity index (χ0v) is 8.20. The molecule has 62 valence electrons. The van der Waals surface area contributed by atoms with Gasteiger partial charge in [-0.1, -0.05) is 22.6 Å². The molecule has 0 aromatic rings. The third-order valence-electron chi connectivity index (χ3n) is 0.920. The summed E-state index contributed by atoms with van der Waals surface area (Å²) in [6.07, 6.45) is -0.336. The minimum atomic E-state index is -0.336. The molecule has 0 aliphatic carbocycles. The molecule has 1 unspecified atom stereocenters. The van der Waals surface area contributed by atoms with Crippen LogP contribution in [0.25, 0.3) is 0 Å². The Morgan fingerprint density at radius 2 is 2.20 bits per heavy atom. The van der Waals surface area contributed by atoms with Crippen molar-refractivity contribution in [3.8, 4) is 0 Å². The predicted octanol–water partition coefficient (Wildman–Crippen LogP) is 0.445. The zero-order valence-electron chi connectivity index (χ0n) is 6.05. The number of hydrogen-bond donors (Lipinski definition) is 1. The highest BCUT2D eigenvalue weighted by Gasteiger charge is 1.99. The second-order valence-corrected chi connectivity index (χ2v) is 2.76. The van der Waals surface area contributed by atoms with E-state index in [2.05, 4.69) is 22.6 Å². The molecule has 0 heterocycles. The lowest BCUT2D eigenvalue weighted by Gasteiger charge is -2.06. The highest BCUT2D eigenvalue weighted by Crippen LogP contribution is 1.91. The first-order valence-corrected chi connectivity index (χ1v) is 4.64. The van der Waals surface area contributed by atoms with Gasteiger partial charge in [0.1, 0.15) is 0 Å². The number of aliphatic hydroxyl groups is 1. The first-order chi connectivity index (χ1) is 4.81. The van der Waals surface area contributed by atoms with Gasteiger partial charge in [0.25, 0.3) is 0 Å². The fourth-order valence-corrected chi connectivity index (χ4v) is 0.660. The molecule has 0 radical (unpaired) electrons. The van der Waals surface area contributed by atoms with Crippen molar-refractivity contribution in [3.63, 3.8) is 0 Å². The van der Waals surface area contributed by atoms with E-state index in [-0.39, 0.29) is 6.10 Å². The summed E-state index contributed by atoms with van der Waals surface area (Å²) in [5.41, 5.74) is 0. The number of ether oxygens (including phenoxy) is 2. The molecule has 0 amide bonds. The molecule has 0 rings (SSSR count). The minimum Gasteiger partial charge on any atom is -0.390 e. The van der Waals surface area contributed by atoms with E-state index in [9.17, 15) is 0 Å². The maximum atomic E-state index is 8.98. The third kappa shape index (κ3) is 6.73. The topological polar surface area (TPSA) is 38.7 Å². The predicted molar refractivity (Wildman–Crippen MR) is 47.6 cm³/mol. The summed E-state index contributed by atoms with van der Waals surface area (Å²) in [7, 11) is 1.62. The van der Waals surface area contributed by atoms with E-state index in [0.29, 0.717) is 24.2 Å². The van der Waals surface area contributed by atoms with E-state index in [1.165, 1.54) is 0 Å². The summed E-state index contributed by atoms with van der Waals surface area (Å²) >= 11 is 2.11. The Morgan fingerprint density at radius 3 is 2.70 bits per heavy atom. The summed E-state index contributed by atoms with van der Waals surface area (Å²) in [4.78, 5) is 0. The summed E-state index contributed by atoms with van der Waals surface area (Å²) < 4.78 is 10.5. The normalized spacial score (nSPS) is 13.5. The van der Waals surface area contributed by atoms with Crippen molar-refractivity contribution in [2.24, 2.45) is 0 Å². The summed E-state index contributed by atoms with van der Waals surface area (Å²) in [5, 5.41) is 8.98. The van der Waals surface area contributed by atoms with E-state index in [1.54, 1.807) is 7.11 Å². The Hall–Kier alpha value is 0.610. The second kappa shape index (κ2) is 7.71. The van der Waals surface area contributed by atoms with Crippen LogP contribution < -0.4 is 0 Å². The van der Waals surface area contributed by atoms with Crippen LogP contribution in [0.15, 0.2) is 0 Å². The molecule has 0 aliphatic rings. The van der Waals surface area contributed by atoms with Gasteiger partial charge in [0.05, 0.1) is 25.9 Å². The Bertz CT molecular complexity index is 70.0. The Balaban J connectivity index is 2.89. The molecule has 1 N–H and O–H groups in total. The molecule has 1 atom stereocenters. The van der Waals surface area contributed by atoms with Gasteiger partial charge in [-0.25, -0.2) is 0 Å². The first-order valence-electron chi connectivity index (χ1n) is 3.12. The lowest BCUT2D eigenvalue weighted by atomic mass is 10.4. The number of methoxy groups -OCH3 is 1. The Morgan fingerprint density at radius 1 is 1.50 bits per heavy atom. The Kier molecular flexibility index (Phi) is 8.18. The maximum Gasteiger partial charge on any atom is 0.0862 e. The average Bonchev–Trinajstić information content (AvgIpc) is 1.98. The van der Waals surface area contributed by atoms with Gasteiger partial charge in [-0.3, -0.25) is 0 Å². The molecular formula is C6H13IO3. The largest absolute Gasteiger partial charge is 0.390 e. The van der Waals surface area contributed by atoms with E-state index >= 15 is 0 Å². The monoisotopic (exact) mass is 260 g/mol. The van der Waals surface area contributed by atoms with Crippen molar-refractivity contribution in [2.75, 3.05) is 31.4 Å². The van der Waals surface area contributed by atoms with Crippen LogP contribution in [0, 0.1) is 0 Å². The molecule has 0 aliphatic heterocycles. The van der Waals surface area contributed by atoms with Crippen molar-refractivity contribution < 1.29 is 14.6 Å². The van der Waals surface area contributed by atoms with Crippen molar-refractivity contribution in [1.82, 2.24) is 0 Å². The lowest BCUT2D eigenvalue weighted by molar-refractivity contribution is 0.0228. The highest BCUT2D eigenvalue weighted by atomic mass is 127. The van der Waals surface area contributed by atoms with Gasteiger partial charge in [0, 0.05) is 11.5 Å². The fourth-order valence-electron chi connectivity index (χ4n) is 0.406. The van der Waals surface area contributed by atoms with Gasteiger partial charge in [-0.2, -0.15) is 0 Å². The fraction of sp³-hybridized carbons (Fsp3) is 1.00. The number of rotatable bonds is 6. The maximum absolute atomic E-state index is 8.98. The number of halogens is 1. The van der Waals surface area contributed by atoms with Gasteiger partial charge in [0.15, 0.2) is 0 Å². The number of aliphatic hydroxyl groups excluding tert-OH is 1. The quantitative estimate of drug-likeness (QED) is 0.428. The van der Waals surface area contributed by atoms with Crippen molar-refractivity contribution in [2.45, 2.75) is 6.10 Å². The second-order valence-electron chi connectivity index (χ2n) is 1.88. The van der Waals surface area contributed by atoms with Crippen LogP contribution in [0.1, 0.15) is 0 Å².